The number of hydrogen-bond acceptors (Lipinski definition) is 6. The summed E-state index contributed by atoms with van der Waals surface area (Å²) in [4.78, 5) is 24.1. The number of piperidine rings is 1. The Kier molecular flexibility index (Phi) is 7.02. The molecule has 1 N–H and O–H groups in total. The summed E-state index contributed by atoms with van der Waals surface area (Å²) in [6, 6.07) is 7.67. The predicted molar refractivity (Wildman–Crippen MR) is 114 cm³/mol. The van der Waals surface area contributed by atoms with Gasteiger partial charge in [0.25, 0.3) is 0 Å². The normalized spacial score (nSPS) is 23.2. The fourth-order valence-corrected chi connectivity index (χ4v) is 5.91. The summed E-state index contributed by atoms with van der Waals surface area (Å²) in [5, 5.41) is 7.50. The lowest BCUT2D eigenvalue weighted by atomic mass is 10.0. The summed E-state index contributed by atoms with van der Waals surface area (Å²) in [6.07, 6.45) is -0.308. The lowest BCUT2D eigenvalue weighted by molar-refractivity contribution is -0.192. The van der Waals surface area contributed by atoms with E-state index in [0.717, 1.165) is 35.9 Å². The highest BCUT2D eigenvalue weighted by molar-refractivity contribution is 7.89. The van der Waals surface area contributed by atoms with Crippen molar-refractivity contribution in [2.24, 2.45) is 0 Å². The number of halogens is 4. The van der Waals surface area contributed by atoms with Gasteiger partial charge in [0.2, 0.25) is 10.0 Å². The van der Waals surface area contributed by atoms with Crippen LogP contribution < -0.4 is 0 Å². The van der Waals surface area contributed by atoms with E-state index in [1.807, 2.05) is 0 Å². The first kappa shape index (κ1) is 25.3. The third-order valence-corrected chi connectivity index (χ3v) is 7.38. The molecule has 0 amide bonds. The van der Waals surface area contributed by atoms with Crippen LogP contribution in [0.15, 0.2) is 24.3 Å². The Morgan fingerprint density at radius 3 is 2.15 bits per heavy atom. The first-order chi connectivity index (χ1) is 15.2. The van der Waals surface area contributed by atoms with E-state index in [4.69, 9.17) is 26.2 Å². The highest BCUT2D eigenvalue weighted by atomic mass is 35.5. The summed E-state index contributed by atoms with van der Waals surface area (Å²) in [6.45, 7) is 0. The van der Waals surface area contributed by atoms with Gasteiger partial charge in [-0.1, -0.05) is 29.8 Å². The first-order valence-electron chi connectivity index (χ1n) is 9.94. The first-order valence-corrected chi connectivity index (χ1v) is 12.2. The number of nitrogens with zero attached hydrogens (tertiary/aromatic N) is 2. The van der Waals surface area contributed by atoms with Gasteiger partial charge in [0, 0.05) is 30.3 Å². The number of esters is 1. The number of carboxylic acid groups (broad SMARTS) is 1. The number of carbonyl (C=O) groups excluding carboxylic acids is 1. The zero-order valence-corrected chi connectivity index (χ0v) is 19.2. The van der Waals surface area contributed by atoms with Crippen LogP contribution in [-0.4, -0.2) is 72.0 Å². The number of benzene rings is 1. The molecule has 2 aliphatic heterocycles. The van der Waals surface area contributed by atoms with Crippen LogP contribution in [-0.2, 0) is 19.6 Å². The van der Waals surface area contributed by atoms with E-state index in [9.17, 15) is 26.4 Å². The van der Waals surface area contributed by atoms with E-state index < -0.39 is 28.1 Å². The lowest BCUT2D eigenvalue weighted by Crippen LogP contribution is -2.43. The zero-order chi connectivity index (χ0) is 24.7. The van der Waals surface area contributed by atoms with Crippen LogP contribution in [0.25, 0.3) is 10.9 Å². The van der Waals surface area contributed by atoms with Crippen LogP contribution in [0, 0.1) is 0 Å². The van der Waals surface area contributed by atoms with Gasteiger partial charge >= 0.3 is 18.1 Å². The summed E-state index contributed by atoms with van der Waals surface area (Å²) in [7, 11) is -1.53. The molecule has 13 heteroatoms. The number of para-hydroxylation sites is 1. The molecule has 0 saturated carbocycles. The van der Waals surface area contributed by atoms with Gasteiger partial charge in [-0.15, -0.1) is 0 Å². The monoisotopic (exact) mass is 510 g/mol. The molecule has 2 saturated heterocycles. The Morgan fingerprint density at radius 2 is 1.67 bits per heavy atom. The van der Waals surface area contributed by atoms with Gasteiger partial charge < -0.3 is 14.7 Å². The van der Waals surface area contributed by atoms with Crippen LogP contribution in [0.1, 0.15) is 36.0 Å². The van der Waals surface area contributed by atoms with Gasteiger partial charge in [-0.3, -0.25) is 0 Å². The van der Waals surface area contributed by atoms with Crippen LogP contribution in [0.4, 0.5) is 13.2 Å². The Hall–Kier alpha value is -2.31. The largest absolute Gasteiger partial charge is 0.490 e. The minimum Gasteiger partial charge on any atom is -0.475 e. The van der Waals surface area contributed by atoms with E-state index >= 15 is 0 Å². The summed E-state index contributed by atoms with van der Waals surface area (Å²) < 4.78 is 62.8. The fourth-order valence-electron chi connectivity index (χ4n) is 4.37. The maximum Gasteiger partial charge on any atom is 0.490 e. The molecular formula is C20H22ClF3N2O6S. The van der Waals surface area contributed by atoms with Crippen molar-refractivity contribution in [1.29, 1.82) is 0 Å². The molecule has 1 aromatic heterocycles. The van der Waals surface area contributed by atoms with Crippen molar-refractivity contribution in [3.05, 3.63) is 35.0 Å². The second-order valence-electron chi connectivity index (χ2n) is 8.06. The highest BCUT2D eigenvalue weighted by Gasteiger charge is 2.40. The third-order valence-electron chi connectivity index (χ3n) is 5.88. The molecular weight excluding hydrogens is 489 g/mol. The average molecular weight is 511 g/mol. The van der Waals surface area contributed by atoms with Gasteiger partial charge in [0.05, 0.1) is 11.8 Å². The van der Waals surface area contributed by atoms with Gasteiger partial charge in [-0.2, -0.15) is 13.2 Å². The Bertz CT molecular complexity index is 1170. The fraction of sp³-hybridized carbons (Fsp3) is 0.500. The molecule has 0 spiro atoms. The van der Waals surface area contributed by atoms with E-state index in [2.05, 4.69) is 11.9 Å². The van der Waals surface area contributed by atoms with E-state index in [-0.39, 0.29) is 16.8 Å². The topological polar surface area (TPSA) is 106 Å². The van der Waals surface area contributed by atoms with Gasteiger partial charge in [-0.25, -0.2) is 22.0 Å². The molecule has 0 radical (unpaired) electrons. The van der Waals surface area contributed by atoms with Crippen LogP contribution in [0.5, 0.6) is 0 Å². The third kappa shape index (κ3) is 5.28. The maximum absolute atomic E-state index is 12.9. The SMILES string of the molecule is CN1C2CCC1CC(OC(=O)c1c(Cl)n(S(C)(=O)=O)c3ccccc13)C2.O=C(O)C(F)(F)F. The Morgan fingerprint density at radius 1 is 1.15 bits per heavy atom. The van der Waals surface area contributed by atoms with Crippen LogP contribution >= 0.6 is 11.6 Å². The smallest absolute Gasteiger partial charge is 0.475 e. The number of carbonyl (C=O) groups is 2. The standard InChI is InChI=1S/C18H21ClN2O4S.C2HF3O2/c1-20-11-7-8-12(20)10-13(9-11)25-18(22)16-14-5-3-4-6-15(14)21(17(16)19)26(2,23)24;3-2(4,5)1(6)7/h3-6,11-13H,7-10H2,1-2H3;(H,6,7). The quantitative estimate of drug-likeness (QED) is 0.630. The molecule has 182 valence electrons. The number of aliphatic carboxylic acids is 1. The molecule has 8 nitrogen and oxygen atoms in total. The summed E-state index contributed by atoms with van der Waals surface area (Å²) in [5.74, 6) is -3.31. The lowest BCUT2D eigenvalue weighted by Gasteiger charge is -2.35. The Labute approximate surface area is 192 Å². The van der Waals surface area contributed by atoms with Gasteiger partial charge in [-0.05, 0) is 26.0 Å². The molecule has 2 aromatic rings. The molecule has 33 heavy (non-hydrogen) atoms. The van der Waals surface area contributed by atoms with E-state index in [1.165, 1.54) is 0 Å². The zero-order valence-electron chi connectivity index (χ0n) is 17.7. The molecule has 2 atom stereocenters. The van der Waals surface area contributed by atoms with Crippen molar-refractivity contribution in [1.82, 2.24) is 8.87 Å². The summed E-state index contributed by atoms with van der Waals surface area (Å²) in [5.41, 5.74) is 0.509. The molecule has 3 heterocycles. The van der Waals surface area contributed by atoms with E-state index in [0.29, 0.717) is 23.0 Å². The minimum atomic E-state index is -5.08. The number of aromatic nitrogens is 1. The number of hydrogen-bond donors (Lipinski definition) is 1. The highest BCUT2D eigenvalue weighted by Crippen LogP contribution is 2.37. The molecule has 4 rings (SSSR count). The summed E-state index contributed by atoms with van der Waals surface area (Å²) >= 11 is 6.32. The average Bonchev–Trinajstić information content (AvgIpc) is 3.08. The second-order valence-corrected chi connectivity index (χ2v) is 10.3. The van der Waals surface area contributed by atoms with Crippen molar-refractivity contribution in [2.75, 3.05) is 13.3 Å². The van der Waals surface area contributed by atoms with Crippen molar-refractivity contribution in [3.63, 3.8) is 0 Å². The number of ether oxygens (including phenoxy) is 1. The molecule has 2 bridgehead atoms. The molecule has 2 unspecified atom stereocenters. The molecule has 1 aromatic carbocycles. The van der Waals surface area contributed by atoms with Crippen molar-refractivity contribution < 1.29 is 41.0 Å². The predicted octanol–water partition coefficient (Wildman–Crippen LogP) is 3.52. The number of alkyl halides is 3. The van der Waals surface area contributed by atoms with Crippen LogP contribution in [0.3, 0.4) is 0 Å². The van der Waals surface area contributed by atoms with Crippen molar-refractivity contribution in [2.45, 2.75) is 50.0 Å². The molecule has 2 aliphatic rings. The molecule has 2 fully saturated rings. The van der Waals surface area contributed by atoms with E-state index in [1.54, 1.807) is 24.3 Å². The van der Waals surface area contributed by atoms with Gasteiger partial charge in [0.1, 0.15) is 16.8 Å². The Balaban J connectivity index is 0.000000383. The minimum absolute atomic E-state index is 0.116. The maximum atomic E-state index is 12.9. The number of carboxylic acids is 1. The number of rotatable bonds is 3. The van der Waals surface area contributed by atoms with Crippen LogP contribution in [0.2, 0.25) is 5.15 Å². The van der Waals surface area contributed by atoms with Crippen molar-refractivity contribution >= 4 is 44.5 Å². The van der Waals surface area contributed by atoms with Gasteiger partial charge in [0.15, 0.2) is 0 Å². The number of fused-ring (bicyclic) bond motifs is 3. The second kappa shape index (κ2) is 9.15. The molecule has 0 aliphatic carbocycles. The van der Waals surface area contributed by atoms with Crippen molar-refractivity contribution in [3.8, 4) is 0 Å².